The highest BCUT2D eigenvalue weighted by Gasteiger charge is 2.20. The highest BCUT2D eigenvalue weighted by Crippen LogP contribution is 2.26. The van der Waals surface area contributed by atoms with Crippen molar-refractivity contribution in [2.45, 2.75) is 6.42 Å². The Hall–Kier alpha value is -3.13. The number of para-hydroxylation sites is 1. The second-order valence-corrected chi connectivity index (χ2v) is 6.84. The van der Waals surface area contributed by atoms with Gasteiger partial charge in [-0.3, -0.25) is 4.90 Å². The first-order chi connectivity index (χ1) is 13.6. The number of primary amides is 1. The van der Waals surface area contributed by atoms with Crippen LogP contribution in [0, 0.1) is 5.82 Å². The summed E-state index contributed by atoms with van der Waals surface area (Å²) in [5, 5.41) is 0. The number of imidazole rings is 1. The van der Waals surface area contributed by atoms with Gasteiger partial charge < -0.3 is 20.4 Å². The molecule has 2 heterocycles. The fraction of sp³-hybridized carbons (Fsp3) is 0.300. The van der Waals surface area contributed by atoms with Crippen molar-refractivity contribution in [2.75, 3.05) is 37.6 Å². The molecule has 8 heteroatoms. The van der Waals surface area contributed by atoms with Crippen LogP contribution >= 0.6 is 0 Å². The van der Waals surface area contributed by atoms with Crippen molar-refractivity contribution in [3.63, 3.8) is 0 Å². The van der Waals surface area contributed by atoms with Crippen LogP contribution in [0.2, 0.25) is 0 Å². The second-order valence-electron chi connectivity index (χ2n) is 6.84. The molecule has 28 heavy (non-hydrogen) atoms. The van der Waals surface area contributed by atoms with Gasteiger partial charge in [-0.2, -0.15) is 0 Å². The number of aromatic nitrogens is 2. The van der Waals surface area contributed by atoms with E-state index in [0.717, 1.165) is 56.2 Å². The van der Waals surface area contributed by atoms with Crippen molar-refractivity contribution in [3.05, 3.63) is 53.8 Å². The number of hydrogen-bond acceptors (Lipinski definition) is 5. The van der Waals surface area contributed by atoms with E-state index in [-0.39, 0.29) is 5.82 Å². The molecule has 0 radical (unpaired) electrons. The minimum atomic E-state index is -0.855. The predicted molar refractivity (Wildman–Crippen MR) is 105 cm³/mol. The van der Waals surface area contributed by atoms with Crippen molar-refractivity contribution in [1.82, 2.24) is 14.9 Å². The fourth-order valence-corrected chi connectivity index (χ4v) is 3.45. The maximum absolute atomic E-state index is 13.0. The Labute approximate surface area is 161 Å². The Morgan fingerprint density at radius 1 is 1.14 bits per heavy atom. The fourth-order valence-electron chi connectivity index (χ4n) is 3.45. The minimum Gasteiger partial charge on any atom is -0.408 e. The number of nitrogens with one attached hydrogen (secondary N) is 1. The van der Waals surface area contributed by atoms with Gasteiger partial charge in [-0.15, -0.1) is 0 Å². The quantitative estimate of drug-likeness (QED) is 0.707. The molecule has 3 N–H and O–H groups in total. The smallest absolute Gasteiger partial charge is 0.408 e. The zero-order valence-corrected chi connectivity index (χ0v) is 15.4. The van der Waals surface area contributed by atoms with E-state index < -0.39 is 6.09 Å². The highest BCUT2D eigenvalue weighted by molar-refractivity contribution is 5.86. The molecule has 0 spiro atoms. The van der Waals surface area contributed by atoms with Gasteiger partial charge in [-0.25, -0.2) is 14.2 Å². The van der Waals surface area contributed by atoms with Crippen LogP contribution in [-0.4, -0.2) is 53.7 Å². The summed E-state index contributed by atoms with van der Waals surface area (Å²) in [6, 6.07) is 12.0. The summed E-state index contributed by atoms with van der Waals surface area (Å²) in [6.45, 7) is 4.46. The second kappa shape index (κ2) is 7.85. The maximum Gasteiger partial charge on any atom is 0.410 e. The zero-order valence-electron chi connectivity index (χ0n) is 15.4. The molecule has 1 aliphatic heterocycles. The van der Waals surface area contributed by atoms with Crippen molar-refractivity contribution in [1.29, 1.82) is 0 Å². The molecule has 7 nitrogen and oxygen atoms in total. The Bertz CT molecular complexity index is 964. The van der Waals surface area contributed by atoms with Crippen LogP contribution in [-0.2, 0) is 6.42 Å². The van der Waals surface area contributed by atoms with Crippen LogP contribution in [0.3, 0.4) is 0 Å². The molecule has 0 atom stereocenters. The predicted octanol–water partition coefficient (Wildman–Crippen LogP) is 2.52. The third-order valence-corrected chi connectivity index (χ3v) is 4.98. The third kappa shape index (κ3) is 4.07. The van der Waals surface area contributed by atoms with E-state index in [1.807, 2.05) is 18.2 Å². The lowest BCUT2D eigenvalue weighted by Gasteiger charge is -2.34. The van der Waals surface area contributed by atoms with Gasteiger partial charge in [0.25, 0.3) is 0 Å². The number of amides is 1. The number of hydrogen-bond donors (Lipinski definition) is 2. The Morgan fingerprint density at radius 2 is 1.89 bits per heavy atom. The number of piperazine rings is 1. The normalized spacial score (nSPS) is 15.1. The highest BCUT2D eigenvalue weighted by atomic mass is 19.1. The molecule has 1 saturated heterocycles. The molecule has 0 saturated carbocycles. The lowest BCUT2D eigenvalue weighted by Crippen LogP contribution is -2.47. The number of carbonyl (C=O) groups excluding carboxylic acids is 1. The Kier molecular flexibility index (Phi) is 5.12. The van der Waals surface area contributed by atoms with E-state index >= 15 is 0 Å². The van der Waals surface area contributed by atoms with Crippen molar-refractivity contribution < 1.29 is 13.9 Å². The topological polar surface area (TPSA) is 87.5 Å². The molecule has 0 bridgehead atoms. The van der Waals surface area contributed by atoms with E-state index in [1.54, 1.807) is 12.1 Å². The Balaban J connectivity index is 1.37. The van der Waals surface area contributed by atoms with E-state index in [9.17, 15) is 9.18 Å². The summed E-state index contributed by atoms with van der Waals surface area (Å²) in [4.78, 5) is 23.5. The van der Waals surface area contributed by atoms with Gasteiger partial charge >= 0.3 is 6.09 Å². The SMILES string of the molecule is NC(=O)Oc1cccc2[nH]c(N3CCN(CCc4ccc(F)cc4)CC3)nc12. The van der Waals surface area contributed by atoms with Gasteiger partial charge in [0.05, 0.1) is 5.52 Å². The zero-order chi connectivity index (χ0) is 19.5. The first kappa shape index (κ1) is 18.2. The monoisotopic (exact) mass is 383 g/mol. The summed E-state index contributed by atoms with van der Waals surface area (Å²) in [5.41, 5.74) is 7.66. The Morgan fingerprint density at radius 3 is 2.61 bits per heavy atom. The molecule has 1 aliphatic rings. The number of nitrogens with two attached hydrogens (primary N) is 1. The maximum atomic E-state index is 13.0. The van der Waals surface area contributed by atoms with E-state index in [4.69, 9.17) is 10.5 Å². The van der Waals surface area contributed by atoms with Crippen LogP contribution in [0.5, 0.6) is 5.75 Å². The molecule has 146 valence electrons. The number of aromatic amines is 1. The van der Waals surface area contributed by atoms with Crippen LogP contribution in [0.1, 0.15) is 5.56 Å². The summed E-state index contributed by atoms with van der Waals surface area (Å²) in [7, 11) is 0. The molecule has 0 aliphatic carbocycles. The third-order valence-electron chi connectivity index (χ3n) is 4.98. The summed E-state index contributed by atoms with van der Waals surface area (Å²) in [5.74, 6) is 0.909. The molecular weight excluding hydrogens is 361 g/mol. The summed E-state index contributed by atoms with van der Waals surface area (Å²) >= 11 is 0. The summed E-state index contributed by atoms with van der Waals surface area (Å²) in [6.07, 6.45) is 0.0467. The lowest BCUT2D eigenvalue weighted by molar-refractivity contribution is 0.211. The van der Waals surface area contributed by atoms with Crippen molar-refractivity contribution >= 4 is 23.1 Å². The average Bonchev–Trinajstić information content (AvgIpc) is 3.13. The number of anilines is 1. The number of fused-ring (bicyclic) bond motifs is 1. The first-order valence-corrected chi connectivity index (χ1v) is 9.26. The van der Waals surface area contributed by atoms with Gasteiger partial charge in [0.2, 0.25) is 5.95 Å². The number of H-pyrrole nitrogens is 1. The van der Waals surface area contributed by atoms with Gasteiger partial charge in [0, 0.05) is 32.7 Å². The largest absolute Gasteiger partial charge is 0.410 e. The molecule has 4 rings (SSSR count). The van der Waals surface area contributed by atoms with Crippen LogP contribution < -0.4 is 15.4 Å². The first-order valence-electron chi connectivity index (χ1n) is 9.26. The van der Waals surface area contributed by atoms with E-state index in [2.05, 4.69) is 19.8 Å². The lowest BCUT2D eigenvalue weighted by atomic mass is 10.1. The van der Waals surface area contributed by atoms with Gasteiger partial charge in [-0.1, -0.05) is 18.2 Å². The molecular formula is C20H22FN5O2. The number of carbonyl (C=O) groups is 1. The van der Waals surface area contributed by atoms with Gasteiger partial charge in [-0.05, 0) is 36.2 Å². The molecule has 1 amide bonds. The number of nitrogens with zero attached hydrogens (tertiary/aromatic N) is 3. The average molecular weight is 383 g/mol. The molecule has 0 unspecified atom stereocenters. The van der Waals surface area contributed by atoms with E-state index in [0.29, 0.717) is 11.3 Å². The van der Waals surface area contributed by atoms with Gasteiger partial charge in [0.15, 0.2) is 5.75 Å². The van der Waals surface area contributed by atoms with Crippen LogP contribution in [0.25, 0.3) is 11.0 Å². The number of ether oxygens (including phenoxy) is 1. The van der Waals surface area contributed by atoms with E-state index in [1.165, 1.54) is 12.1 Å². The molecule has 1 aromatic heterocycles. The van der Waals surface area contributed by atoms with Crippen molar-refractivity contribution in [2.24, 2.45) is 5.73 Å². The minimum absolute atomic E-state index is 0.201. The standard InChI is InChI=1S/C20H22FN5O2/c21-15-6-4-14(5-7-15)8-9-25-10-12-26(13-11-25)20-23-16-2-1-3-17(18(16)24-20)28-19(22)27/h1-7H,8-13H2,(H2,22,27)(H,23,24). The molecule has 2 aromatic carbocycles. The van der Waals surface area contributed by atoms with Crippen LogP contribution in [0.15, 0.2) is 42.5 Å². The summed E-state index contributed by atoms with van der Waals surface area (Å²) < 4.78 is 18.0. The molecule has 1 fully saturated rings. The number of rotatable bonds is 5. The molecule has 3 aromatic rings. The number of halogens is 1. The van der Waals surface area contributed by atoms with Gasteiger partial charge in [0.1, 0.15) is 11.3 Å². The number of benzene rings is 2. The van der Waals surface area contributed by atoms with Crippen LogP contribution in [0.4, 0.5) is 15.1 Å². The van der Waals surface area contributed by atoms with Crippen molar-refractivity contribution in [3.8, 4) is 5.75 Å².